The van der Waals surface area contributed by atoms with E-state index in [9.17, 15) is 9.59 Å². The van der Waals surface area contributed by atoms with E-state index in [0.717, 1.165) is 10.6 Å². The number of hydrogen-bond acceptors (Lipinski definition) is 4. The van der Waals surface area contributed by atoms with Crippen LogP contribution in [0.2, 0.25) is 10.0 Å². The monoisotopic (exact) mass is 383 g/mol. The summed E-state index contributed by atoms with van der Waals surface area (Å²) in [5, 5.41) is 3.06. The van der Waals surface area contributed by atoms with E-state index in [1.165, 1.54) is 12.1 Å². The number of carbonyl (C=O) groups excluding carboxylic acids is 2. The lowest BCUT2D eigenvalue weighted by Crippen LogP contribution is -2.30. The molecule has 0 atom stereocenters. The van der Waals surface area contributed by atoms with E-state index in [4.69, 9.17) is 27.9 Å². The molecule has 0 bridgehead atoms. The number of rotatable bonds is 7. The number of hydrogen-bond donors (Lipinski definition) is 1. The van der Waals surface area contributed by atoms with Gasteiger partial charge in [-0.2, -0.15) is 0 Å². The Morgan fingerprint density at radius 1 is 1.00 bits per heavy atom. The van der Waals surface area contributed by atoms with Gasteiger partial charge in [0.15, 0.2) is 6.61 Å². The van der Waals surface area contributed by atoms with Crippen molar-refractivity contribution in [1.82, 2.24) is 5.32 Å². The molecule has 24 heavy (non-hydrogen) atoms. The number of esters is 1. The van der Waals surface area contributed by atoms with E-state index in [1.54, 1.807) is 17.8 Å². The Kier molecular flexibility index (Phi) is 7.43. The molecule has 0 saturated heterocycles. The van der Waals surface area contributed by atoms with Gasteiger partial charge in [0, 0.05) is 17.2 Å². The van der Waals surface area contributed by atoms with Crippen molar-refractivity contribution in [3.8, 4) is 0 Å². The molecule has 0 aliphatic rings. The van der Waals surface area contributed by atoms with Crippen molar-refractivity contribution in [2.24, 2.45) is 0 Å². The summed E-state index contributed by atoms with van der Waals surface area (Å²) in [6.45, 7) is 0.0964. The third-order valence-electron chi connectivity index (χ3n) is 2.94. The average Bonchev–Trinajstić information content (AvgIpc) is 2.57. The zero-order chi connectivity index (χ0) is 17.4. The highest BCUT2D eigenvalue weighted by atomic mass is 35.5. The van der Waals surface area contributed by atoms with Crippen molar-refractivity contribution in [3.63, 3.8) is 0 Å². The molecule has 2 rings (SSSR count). The number of benzene rings is 2. The van der Waals surface area contributed by atoms with Gasteiger partial charge in [-0.3, -0.25) is 4.79 Å². The molecule has 2 aromatic rings. The van der Waals surface area contributed by atoms with Gasteiger partial charge in [0.25, 0.3) is 5.91 Å². The van der Waals surface area contributed by atoms with Crippen LogP contribution in [0, 0.1) is 0 Å². The first-order chi connectivity index (χ1) is 11.6. The normalized spacial score (nSPS) is 10.2. The van der Waals surface area contributed by atoms with Gasteiger partial charge < -0.3 is 10.1 Å². The number of amides is 1. The zero-order valence-electron chi connectivity index (χ0n) is 12.6. The lowest BCUT2D eigenvalue weighted by atomic mass is 10.2. The SMILES string of the molecule is O=C(COC(=O)c1c(Cl)cccc1Cl)NCCSc1ccccc1. The van der Waals surface area contributed by atoms with E-state index < -0.39 is 5.97 Å². The van der Waals surface area contributed by atoms with Gasteiger partial charge in [0.2, 0.25) is 0 Å². The van der Waals surface area contributed by atoms with Gasteiger partial charge in [-0.1, -0.05) is 47.5 Å². The summed E-state index contributed by atoms with van der Waals surface area (Å²) in [5.41, 5.74) is 0.0632. The van der Waals surface area contributed by atoms with Gasteiger partial charge in [-0.05, 0) is 24.3 Å². The molecule has 0 aromatic heterocycles. The van der Waals surface area contributed by atoms with Crippen LogP contribution in [0.4, 0.5) is 0 Å². The van der Waals surface area contributed by atoms with Crippen LogP contribution in [0.25, 0.3) is 0 Å². The van der Waals surface area contributed by atoms with Crippen LogP contribution in [-0.4, -0.2) is 30.8 Å². The van der Waals surface area contributed by atoms with Crippen LogP contribution >= 0.6 is 35.0 Å². The molecule has 0 unspecified atom stereocenters. The van der Waals surface area contributed by atoms with Crippen LogP contribution in [0.3, 0.4) is 0 Å². The number of ether oxygens (including phenoxy) is 1. The minimum Gasteiger partial charge on any atom is -0.452 e. The summed E-state index contributed by atoms with van der Waals surface area (Å²) < 4.78 is 4.94. The highest BCUT2D eigenvalue weighted by Crippen LogP contribution is 2.24. The van der Waals surface area contributed by atoms with Crippen molar-refractivity contribution < 1.29 is 14.3 Å². The maximum absolute atomic E-state index is 11.9. The molecule has 0 spiro atoms. The Morgan fingerprint density at radius 3 is 2.33 bits per heavy atom. The number of thioether (sulfide) groups is 1. The van der Waals surface area contributed by atoms with Crippen molar-refractivity contribution in [1.29, 1.82) is 0 Å². The first-order valence-electron chi connectivity index (χ1n) is 7.13. The van der Waals surface area contributed by atoms with E-state index >= 15 is 0 Å². The zero-order valence-corrected chi connectivity index (χ0v) is 15.0. The van der Waals surface area contributed by atoms with Gasteiger partial charge in [0.05, 0.1) is 15.6 Å². The average molecular weight is 384 g/mol. The molecule has 0 fully saturated rings. The third-order valence-corrected chi connectivity index (χ3v) is 4.58. The summed E-state index contributed by atoms with van der Waals surface area (Å²) >= 11 is 13.5. The quantitative estimate of drug-likeness (QED) is 0.444. The highest BCUT2D eigenvalue weighted by molar-refractivity contribution is 7.99. The summed E-state index contributed by atoms with van der Waals surface area (Å²) in [6.07, 6.45) is 0. The van der Waals surface area contributed by atoms with Crippen molar-refractivity contribution in [3.05, 3.63) is 64.1 Å². The maximum Gasteiger partial charge on any atom is 0.341 e. The molecule has 0 radical (unpaired) electrons. The second kappa shape index (κ2) is 9.57. The summed E-state index contributed by atoms with van der Waals surface area (Å²) in [7, 11) is 0. The largest absolute Gasteiger partial charge is 0.452 e. The minimum absolute atomic E-state index is 0.0632. The minimum atomic E-state index is -0.723. The molecular weight excluding hydrogens is 369 g/mol. The predicted octanol–water partition coefficient (Wildman–Crippen LogP) is 4.06. The molecule has 1 N–H and O–H groups in total. The molecule has 2 aromatic carbocycles. The van der Waals surface area contributed by atoms with Crippen LogP contribution in [0.15, 0.2) is 53.4 Å². The second-order valence-electron chi connectivity index (χ2n) is 4.68. The molecule has 4 nitrogen and oxygen atoms in total. The van der Waals surface area contributed by atoms with Crippen molar-refractivity contribution in [2.45, 2.75) is 4.90 Å². The second-order valence-corrected chi connectivity index (χ2v) is 6.67. The van der Waals surface area contributed by atoms with E-state index in [1.807, 2.05) is 30.3 Å². The van der Waals surface area contributed by atoms with E-state index in [-0.39, 0.29) is 28.1 Å². The fourth-order valence-electron chi connectivity index (χ4n) is 1.82. The first kappa shape index (κ1) is 18.6. The van der Waals surface area contributed by atoms with Gasteiger partial charge in [0.1, 0.15) is 0 Å². The van der Waals surface area contributed by atoms with Crippen molar-refractivity contribution in [2.75, 3.05) is 18.9 Å². The smallest absolute Gasteiger partial charge is 0.341 e. The van der Waals surface area contributed by atoms with Crippen LogP contribution in [0.5, 0.6) is 0 Å². The van der Waals surface area contributed by atoms with E-state index in [2.05, 4.69) is 5.32 Å². The molecule has 0 aliphatic carbocycles. The fraction of sp³-hybridized carbons (Fsp3) is 0.176. The van der Waals surface area contributed by atoms with Crippen LogP contribution in [-0.2, 0) is 9.53 Å². The van der Waals surface area contributed by atoms with Gasteiger partial charge in [-0.15, -0.1) is 11.8 Å². The Labute approximate surface area is 154 Å². The van der Waals surface area contributed by atoms with Gasteiger partial charge in [-0.25, -0.2) is 4.79 Å². The Hall–Kier alpha value is -1.69. The fourth-order valence-corrected chi connectivity index (χ4v) is 3.16. The Morgan fingerprint density at radius 2 is 1.67 bits per heavy atom. The Bertz CT molecular complexity index is 690. The van der Waals surface area contributed by atoms with Gasteiger partial charge >= 0.3 is 5.97 Å². The number of nitrogens with one attached hydrogen (secondary N) is 1. The number of carbonyl (C=O) groups is 2. The predicted molar refractivity (Wildman–Crippen MR) is 96.9 cm³/mol. The van der Waals surface area contributed by atoms with Crippen molar-refractivity contribution >= 4 is 46.8 Å². The lowest BCUT2D eigenvalue weighted by molar-refractivity contribution is -0.124. The molecule has 0 saturated carbocycles. The van der Waals surface area contributed by atoms with Crippen LogP contribution < -0.4 is 5.32 Å². The Balaban J connectivity index is 1.70. The lowest BCUT2D eigenvalue weighted by Gasteiger charge is -2.08. The molecular formula is C17H15Cl2NO3S. The molecule has 0 aliphatic heterocycles. The topological polar surface area (TPSA) is 55.4 Å². The first-order valence-corrected chi connectivity index (χ1v) is 8.88. The third kappa shape index (κ3) is 5.74. The number of halogens is 2. The standard InChI is InChI=1S/C17H15Cl2NO3S/c18-13-7-4-8-14(19)16(13)17(22)23-11-15(21)20-9-10-24-12-5-2-1-3-6-12/h1-8H,9-11H2,(H,20,21). The molecule has 1 amide bonds. The molecule has 7 heteroatoms. The maximum atomic E-state index is 11.9. The van der Waals surface area contributed by atoms with Crippen LogP contribution in [0.1, 0.15) is 10.4 Å². The highest BCUT2D eigenvalue weighted by Gasteiger charge is 2.17. The van der Waals surface area contributed by atoms with E-state index in [0.29, 0.717) is 6.54 Å². The molecule has 126 valence electrons. The summed E-state index contributed by atoms with van der Waals surface area (Å²) in [6, 6.07) is 14.6. The summed E-state index contributed by atoms with van der Waals surface area (Å²) in [5.74, 6) is -0.375. The molecule has 0 heterocycles. The summed E-state index contributed by atoms with van der Waals surface area (Å²) in [4.78, 5) is 24.8.